The van der Waals surface area contributed by atoms with Crippen LogP contribution in [0, 0.1) is 5.92 Å². The van der Waals surface area contributed by atoms with Crippen LogP contribution in [0.4, 0.5) is 0 Å². The normalized spacial score (nSPS) is 13.0. The maximum atomic E-state index is 11.1. The molecule has 0 aromatic rings. The van der Waals surface area contributed by atoms with Gasteiger partial charge in [-0.05, 0) is 19.8 Å². The predicted octanol–water partition coefficient (Wildman–Crippen LogP) is 2.00. The van der Waals surface area contributed by atoms with E-state index in [2.05, 4.69) is 0 Å². The lowest BCUT2D eigenvalue weighted by Gasteiger charge is -2.19. The Morgan fingerprint density at radius 1 is 1.23 bits per heavy atom. The fraction of sp³-hybridized carbons (Fsp3) is 0.900. The molecule has 0 rings (SSSR count). The Hall–Kier alpha value is -0.570. The fourth-order valence-electron chi connectivity index (χ4n) is 1.09. The molecular formula is C10H20O3. The number of rotatable bonds is 6. The number of esters is 1. The Labute approximate surface area is 80.4 Å². The van der Waals surface area contributed by atoms with Crippen LogP contribution >= 0.6 is 0 Å². The zero-order valence-electron chi connectivity index (χ0n) is 9.00. The van der Waals surface area contributed by atoms with Crippen LogP contribution in [0.1, 0.15) is 34.1 Å². The number of hydrogen-bond acceptors (Lipinski definition) is 3. The molecular weight excluding hydrogens is 168 g/mol. The highest BCUT2D eigenvalue weighted by molar-refractivity contribution is 5.69. The van der Waals surface area contributed by atoms with Gasteiger partial charge in [0.2, 0.25) is 0 Å². The molecule has 0 amide bonds. The first-order valence-electron chi connectivity index (χ1n) is 4.89. The quantitative estimate of drug-likeness (QED) is 0.598. The average Bonchev–Trinajstić information content (AvgIpc) is 2.04. The Balaban J connectivity index is 3.86. The molecule has 0 saturated carbocycles. The van der Waals surface area contributed by atoms with E-state index in [1.54, 1.807) is 0 Å². The van der Waals surface area contributed by atoms with E-state index >= 15 is 0 Å². The second-order valence-corrected chi connectivity index (χ2v) is 3.25. The van der Waals surface area contributed by atoms with Gasteiger partial charge in [-0.15, -0.1) is 0 Å². The van der Waals surface area contributed by atoms with E-state index in [1.165, 1.54) is 0 Å². The molecule has 0 aliphatic heterocycles. The minimum Gasteiger partial charge on any atom is -0.466 e. The van der Waals surface area contributed by atoms with Gasteiger partial charge in [-0.3, -0.25) is 4.79 Å². The molecule has 78 valence electrons. The van der Waals surface area contributed by atoms with Crippen LogP contribution in [0.15, 0.2) is 0 Å². The van der Waals surface area contributed by atoms with Crippen molar-refractivity contribution in [3.05, 3.63) is 0 Å². The number of carbonyl (C=O) groups excluding carboxylic acids is 1. The molecule has 0 heterocycles. The Morgan fingerprint density at radius 3 is 2.23 bits per heavy atom. The van der Waals surface area contributed by atoms with Crippen LogP contribution in [-0.4, -0.2) is 25.3 Å². The Kier molecular flexibility index (Phi) is 6.59. The van der Waals surface area contributed by atoms with Crippen LogP contribution in [0.3, 0.4) is 0 Å². The third-order valence-corrected chi connectivity index (χ3v) is 1.80. The Morgan fingerprint density at radius 2 is 1.85 bits per heavy atom. The molecule has 0 aliphatic carbocycles. The maximum absolute atomic E-state index is 11.1. The summed E-state index contributed by atoms with van der Waals surface area (Å²) in [7, 11) is 0. The lowest BCUT2D eigenvalue weighted by Crippen LogP contribution is -2.24. The van der Waals surface area contributed by atoms with Gasteiger partial charge in [-0.1, -0.05) is 13.8 Å². The lowest BCUT2D eigenvalue weighted by atomic mass is 10.0. The largest absolute Gasteiger partial charge is 0.466 e. The van der Waals surface area contributed by atoms with E-state index in [9.17, 15) is 4.79 Å². The van der Waals surface area contributed by atoms with Gasteiger partial charge in [0.15, 0.2) is 0 Å². The summed E-state index contributed by atoms with van der Waals surface area (Å²) in [6.45, 7) is 8.90. The predicted molar refractivity (Wildman–Crippen MR) is 51.5 cm³/mol. The molecule has 3 nitrogen and oxygen atoms in total. The third kappa shape index (κ3) is 5.64. The molecule has 3 heteroatoms. The summed E-state index contributed by atoms with van der Waals surface area (Å²) in [5.41, 5.74) is 0. The van der Waals surface area contributed by atoms with Crippen molar-refractivity contribution in [2.24, 2.45) is 5.92 Å². The number of carbonyl (C=O) groups is 1. The van der Waals surface area contributed by atoms with Crippen LogP contribution in [0.25, 0.3) is 0 Å². The van der Waals surface area contributed by atoms with Gasteiger partial charge in [-0.2, -0.15) is 0 Å². The van der Waals surface area contributed by atoms with E-state index < -0.39 is 0 Å². The van der Waals surface area contributed by atoms with E-state index in [0.29, 0.717) is 25.6 Å². The molecule has 0 spiro atoms. The number of hydrogen-bond donors (Lipinski definition) is 0. The van der Waals surface area contributed by atoms with Crippen molar-refractivity contribution >= 4 is 5.97 Å². The number of ether oxygens (including phenoxy) is 2. The summed E-state index contributed by atoms with van der Waals surface area (Å²) in [5, 5.41) is 0. The zero-order chi connectivity index (χ0) is 10.3. The average molecular weight is 188 g/mol. The van der Waals surface area contributed by atoms with Crippen LogP contribution in [-0.2, 0) is 14.3 Å². The van der Waals surface area contributed by atoms with Crippen molar-refractivity contribution in [2.75, 3.05) is 13.2 Å². The molecule has 0 bridgehead atoms. The first-order valence-corrected chi connectivity index (χ1v) is 4.89. The standard InChI is InChI=1S/C10H20O3/c1-5-12-9(8(3)4)7-10(11)13-6-2/h8-9H,5-7H2,1-4H3. The van der Waals surface area contributed by atoms with Crippen molar-refractivity contribution in [1.82, 2.24) is 0 Å². The fourth-order valence-corrected chi connectivity index (χ4v) is 1.09. The molecule has 0 radical (unpaired) electrons. The third-order valence-electron chi connectivity index (χ3n) is 1.80. The van der Waals surface area contributed by atoms with Gasteiger partial charge >= 0.3 is 5.97 Å². The second kappa shape index (κ2) is 6.89. The van der Waals surface area contributed by atoms with Crippen molar-refractivity contribution in [3.63, 3.8) is 0 Å². The topological polar surface area (TPSA) is 35.5 Å². The summed E-state index contributed by atoms with van der Waals surface area (Å²) < 4.78 is 10.3. The summed E-state index contributed by atoms with van der Waals surface area (Å²) in [6, 6.07) is 0. The molecule has 0 N–H and O–H groups in total. The van der Waals surface area contributed by atoms with Gasteiger partial charge in [0.25, 0.3) is 0 Å². The minimum atomic E-state index is -0.172. The van der Waals surface area contributed by atoms with Crippen LogP contribution < -0.4 is 0 Å². The molecule has 0 aliphatic rings. The summed E-state index contributed by atoms with van der Waals surface area (Å²) in [5.74, 6) is 0.180. The van der Waals surface area contributed by atoms with Gasteiger partial charge in [-0.25, -0.2) is 0 Å². The van der Waals surface area contributed by atoms with E-state index in [1.807, 2.05) is 27.7 Å². The summed E-state index contributed by atoms with van der Waals surface area (Å²) in [6.07, 6.45) is 0.350. The Bertz CT molecular complexity index is 143. The van der Waals surface area contributed by atoms with E-state index in [4.69, 9.17) is 9.47 Å². The van der Waals surface area contributed by atoms with Crippen molar-refractivity contribution in [1.29, 1.82) is 0 Å². The smallest absolute Gasteiger partial charge is 0.308 e. The van der Waals surface area contributed by atoms with Crippen molar-refractivity contribution in [2.45, 2.75) is 40.2 Å². The van der Waals surface area contributed by atoms with Crippen molar-refractivity contribution in [3.8, 4) is 0 Å². The summed E-state index contributed by atoms with van der Waals surface area (Å²) in [4.78, 5) is 11.1. The van der Waals surface area contributed by atoms with Crippen molar-refractivity contribution < 1.29 is 14.3 Å². The maximum Gasteiger partial charge on any atom is 0.308 e. The lowest BCUT2D eigenvalue weighted by molar-refractivity contribution is -0.147. The van der Waals surface area contributed by atoms with E-state index in [-0.39, 0.29) is 12.1 Å². The molecule has 0 saturated heterocycles. The van der Waals surface area contributed by atoms with Gasteiger partial charge < -0.3 is 9.47 Å². The van der Waals surface area contributed by atoms with Gasteiger partial charge in [0.1, 0.15) is 0 Å². The molecule has 1 unspecified atom stereocenters. The summed E-state index contributed by atoms with van der Waals surface area (Å²) >= 11 is 0. The zero-order valence-corrected chi connectivity index (χ0v) is 9.00. The first-order chi connectivity index (χ1) is 6.11. The highest BCUT2D eigenvalue weighted by Crippen LogP contribution is 2.11. The second-order valence-electron chi connectivity index (χ2n) is 3.25. The highest BCUT2D eigenvalue weighted by Gasteiger charge is 2.17. The SMILES string of the molecule is CCOC(=O)CC(OCC)C(C)C. The molecule has 0 aromatic heterocycles. The minimum absolute atomic E-state index is 0.0101. The van der Waals surface area contributed by atoms with Gasteiger partial charge in [0.05, 0.1) is 19.1 Å². The van der Waals surface area contributed by atoms with Crippen LogP contribution in [0.5, 0.6) is 0 Å². The first kappa shape index (κ1) is 12.4. The molecule has 1 atom stereocenters. The van der Waals surface area contributed by atoms with Crippen LogP contribution in [0.2, 0.25) is 0 Å². The molecule has 13 heavy (non-hydrogen) atoms. The van der Waals surface area contributed by atoms with Gasteiger partial charge in [0, 0.05) is 6.61 Å². The van der Waals surface area contributed by atoms with E-state index in [0.717, 1.165) is 0 Å². The highest BCUT2D eigenvalue weighted by atomic mass is 16.5. The monoisotopic (exact) mass is 188 g/mol. The molecule has 0 fully saturated rings. The molecule has 0 aromatic carbocycles.